The van der Waals surface area contributed by atoms with Gasteiger partial charge in [0.05, 0.1) is 6.61 Å². The number of nitrogens with two attached hydrogens (primary N) is 2. The minimum Gasteiger partial charge on any atom is -0.480 e. The van der Waals surface area contributed by atoms with E-state index in [1.165, 1.54) is 0 Å². The maximum atomic E-state index is 12.1. The lowest BCUT2D eigenvalue weighted by Gasteiger charge is -2.44. The van der Waals surface area contributed by atoms with Gasteiger partial charge in [0.25, 0.3) is 0 Å². The molecule has 1 aliphatic rings. The SMILES string of the molecule is NCC[N+]1(C(N)=O)CCOCC1N[C@@H](Cc1ccccc1)C(=O)O. The lowest BCUT2D eigenvalue weighted by molar-refractivity contribution is -0.886. The van der Waals surface area contributed by atoms with Gasteiger partial charge in [0.15, 0.2) is 6.17 Å². The second-order valence-corrected chi connectivity index (χ2v) is 5.95. The molecule has 1 saturated heterocycles. The Kier molecular flexibility index (Phi) is 6.27. The van der Waals surface area contributed by atoms with Gasteiger partial charge < -0.3 is 21.3 Å². The molecule has 0 radical (unpaired) electrons. The van der Waals surface area contributed by atoms with Gasteiger partial charge in [0.2, 0.25) is 0 Å². The fraction of sp³-hybridized carbons (Fsp3) is 0.500. The van der Waals surface area contributed by atoms with E-state index in [0.717, 1.165) is 5.56 Å². The molecule has 1 fully saturated rings. The fourth-order valence-corrected chi connectivity index (χ4v) is 3.08. The number of aliphatic carboxylic acids is 1. The van der Waals surface area contributed by atoms with Gasteiger partial charge >= 0.3 is 12.0 Å². The third-order valence-corrected chi connectivity index (χ3v) is 4.45. The Labute approximate surface area is 141 Å². The molecular weight excluding hydrogens is 312 g/mol. The Morgan fingerprint density at radius 3 is 2.67 bits per heavy atom. The van der Waals surface area contributed by atoms with Crippen LogP contribution in [-0.4, -0.2) is 66.6 Å². The molecule has 1 aromatic rings. The van der Waals surface area contributed by atoms with Crippen molar-refractivity contribution in [2.24, 2.45) is 11.5 Å². The van der Waals surface area contributed by atoms with Crippen LogP contribution < -0.4 is 16.8 Å². The van der Waals surface area contributed by atoms with E-state index in [4.69, 9.17) is 16.2 Å². The zero-order valence-corrected chi connectivity index (χ0v) is 13.6. The van der Waals surface area contributed by atoms with E-state index in [9.17, 15) is 14.7 Å². The minimum absolute atomic E-state index is 0.102. The van der Waals surface area contributed by atoms with Gasteiger partial charge in [-0.15, -0.1) is 0 Å². The Bertz CT molecular complexity index is 564. The molecule has 132 valence electrons. The summed E-state index contributed by atoms with van der Waals surface area (Å²) in [7, 11) is 0. The number of hydrogen-bond acceptors (Lipinski definition) is 5. The number of benzene rings is 1. The number of carbonyl (C=O) groups is 2. The van der Waals surface area contributed by atoms with E-state index in [0.29, 0.717) is 26.1 Å². The number of nitrogens with one attached hydrogen (secondary N) is 1. The number of amides is 2. The average Bonchev–Trinajstić information content (AvgIpc) is 2.56. The molecule has 0 spiro atoms. The Hall–Kier alpha value is -2.00. The molecule has 1 aromatic carbocycles. The van der Waals surface area contributed by atoms with Gasteiger partial charge in [-0.1, -0.05) is 30.3 Å². The van der Waals surface area contributed by atoms with Crippen LogP contribution in [0.5, 0.6) is 0 Å². The minimum atomic E-state index is -0.986. The number of primary amides is 1. The van der Waals surface area contributed by atoms with Crippen LogP contribution in [0.3, 0.4) is 0 Å². The standard InChI is InChI=1S/C16H24N4O4/c17-6-7-20(16(18)23)8-9-24-11-14(20)19-13(15(21)22)10-12-4-2-1-3-5-12/h1-5,13-14,19H,6-11,17H2,(H2-,18,21,22,23)/p+1/t13-,14?,20?/m0/s1. The lowest BCUT2D eigenvalue weighted by atomic mass is 10.1. The van der Waals surface area contributed by atoms with Crippen molar-refractivity contribution in [2.45, 2.75) is 18.6 Å². The predicted molar refractivity (Wildman–Crippen MR) is 87.9 cm³/mol. The molecule has 8 nitrogen and oxygen atoms in total. The molecule has 0 aromatic heterocycles. The number of morpholine rings is 1. The first-order valence-corrected chi connectivity index (χ1v) is 7.97. The molecule has 2 rings (SSSR count). The van der Waals surface area contributed by atoms with Gasteiger partial charge in [-0.25, -0.2) is 9.28 Å². The van der Waals surface area contributed by atoms with Crippen molar-refractivity contribution < 1.29 is 23.9 Å². The monoisotopic (exact) mass is 337 g/mol. The summed E-state index contributed by atoms with van der Waals surface area (Å²) in [6, 6.07) is 7.94. The smallest absolute Gasteiger partial charge is 0.415 e. The summed E-state index contributed by atoms with van der Waals surface area (Å²) >= 11 is 0. The molecule has 24 heavy (non-hydrogen) atoms. The van der Waals surface area contributed by atoms with Crippen molar-refractivity contribution in [3.8, 4) is 0 Å². The first-order valence-electron chi connectivity index (χ1n) is 7.97. The number of rotatable bonds is 7. The van der Waals surface area contributed by atoms with Crippen LogP contribution in [0.4, 0.5) is 4.79 Å². The summed E-state index contributed by atoms with van der Waals surface area (Å²) in [6.07, 6.45) is -0.238. The van der Waals surface area contributed by atoms with E-state index in [1.54, 1.807) is 0 Å². The molecule has 2 unspecified atom stereocenters. The van der Waals surface area contributed by atoms with E-state index in [1.807, 2.05) is 30.3 Å². The maximum Gasteiger partial charge on any atom is 0.415 e. The Balaban J connectivity index is 2.19. The van der Waals surface area contributed by atoms with Crippen LogP contribution in [0.25, 0.3) is 0 Å². The quantitative estimate of drug-likeness (QED) is 0.496. The highest BCUT2D eigenvalue weighted by molar-refractivity contribution is 5.74. The lowest BCUT2D eigenvalue weighted by Crippen LogP contribution is -2.73. The first kappa shape index (κ1) is 18.3. The van der Waals surface area contributed by atoms with Gasteiger partial charge in [-0.05, 0) is 12.0 Å². The highest BCUT2D eigenvalue weighted by atomic mass is 16.5. The zero-order valence-electron chi connectivity index (χ0n) is 13.6. The van der Waals surface area contributed by atoms with Crippen LogP contribution in [0.2, 0.25) is 0 Å². The van der Waals surface area contributed by atoms with Gasteiger partial charge in [-0.2, -0.15) is 0 Å². The topological polar surface area (TPSA) is 128 Å². The summed E-state index contributed by atoms with van der Waals surface area (Å²) in [5, 5.41) is 12.6. The second-order valence-electron chi connectivity index (χ2n) is 5.95. The van der Waals surface area contributed by atoms with E-state index < -0.39 is 24.2 Å². The van der Waals surface area contributed by atoms with Crippen molar-refractivity contribution >= 4 is 12.0 Å². The first-order chi connectivity index (χ1) is 11.5. The van der Waals surface area contributed by atoms with E-state index in [2.05, 4.69) is 5.32 Å². The molecule has 8 heteroatoms. The van der Waals surface area contributed by atoms with E-state index in [-0.39, 0.29) is 17.6 Å². The summed E-state index contributed by atoms with van der Waals surface area (Å²) in [5.74, 6) is -0.986. The Morgan fingerprint density at radius 1 is 1.38 bits per heavy atom. The number of nitrogens with zero attached hydrogens (tertiary/aromatic N) is 1. The number of carboxylic acids is 1. The van der Waals surface area contributed by atoms with Gasteiger partial charge in [-0.3, -0.25) is 10.1 Å². The number of ether oxygens (including phenoxy) is 1. The predicted octanol–water partition coefficient (Wildman–Crippen LogP) is -0.518. The van der Waals surface area contributed by atoms with Crippen LogP contribution in [0.15, 0.2) is 30.3 Å². The highest BCUT2D eigenvalue weighted by Crippen LogP contribution is 2.18. The number of urea groups is 1. The van der Waals surface area contributed by atoms with E-state index >= 15 is 0 Å². The second kappa shape index (κ2) is 8.20. The third-order valence-electron chi connectivity index (χ3n) is 4.45. The highest BCUT2D eigenvalue weighted by Gasteiger charge is 2.46. The van der Waals surface area contributed by atoms with Crippen molar-refractivity contribution in [1.82, 2.24) is 5.32 Å². The molecule has 0 bridgehead atoms. The molecule has 3 atom stereocenters. The fourth-order valence-electron chi connectivity index (χ4n) is 3.08. The Morgan fingerprint density at radius 2 is 2.08 bits per heavy atom. The largest absolute Gasteiger partial charge is 0.480 e. The van der Waals surface area contributed by atoms with Crippen molar-refractivity contribution in [1.29, 1.82) is 0 Å². The zero-order chi connectivity index (χ0) is 17.6. The molecule has 6 N–H and O–H groups in total. The van der Waals surface area contributed by atoms with Crippen LogP contribution in [-0.2, 0) is 16.0 Å². The third kappa shape index (κ3) is 4.09. The summed E-state index contributed by atoms with van der Waals surface area (Å²) in [4.78, 5) is 23.7. The van der Waals surface area contributed by atoms with Crippen molar-refractivity contribution in [3.05, 3.63) is 35.9 Å². The van der Waals surface area contributed by atoms with Crippen LogP contribution in [0, 0.1) is 0 Å². The van der Waals surface area contributed by atoms with Crippen LogP contribution in [0.1, 0.15) is 5.56 Å². The van der Waals surface area contributed by atoms with Crippen LogP contribution >= 0.6 is 0 Å². The van der Waals surface area contributed by atoms with Crippen molar-refractivity contribution in [3.63, 3.8) is 0 Å². The maximum absolute atomic E-state index is 12.1. The molecule has 0 saturated carbocycles. The molecule has 2 amide bonds. The molecule has 1 heterocycles. The van der Waals surface area contributed by atoms with Gasteiger partial charge in [0, 0.05) is 6.54 Å². The number of carboxylic acid groups (broad SMARTS) is 1. The summed E-state index contributed by atoms with van der Waals surface area (Å²) < 4.78 is 5.34. The number of carbonyl (C=O) groups excluding carboxylic acids is 1. The molecule has 0 aliphatic carbocycles. The summed E-state index contributed by atoms with van der Waals surface area (Å²) in [6.45, 7) is 1.59. The average molecular weight is 337 g/mol. The number of hydrogen-bond donors (Lipinski definition) is 4. The molecule has 1 aliphatic heterocycles. The normalized spacial score (nSPS) is 25.1. The van der Waals surface area contributed by atoms with Crippen molar-refractivity contribution in [2.75, 3.05) is 32.8 Å². The molecular formula is C16H25N4O4+. The number of quaternary nitrogens is 1. The van der Waals surface area contributed by atoms with Gasteiger partial charge in [0.1, 0.15) is 25.7 Å². The summed E-state index contributed by atoms with van der Waals surface area (Å²) in [5.41, 5.74) is 12.2.